The van der Waals surface area contributed by atoms with E-state index in [-0.39, 0.29) is 5.91 Å². The van der Waals surface area contributed by atoms with Crippen LogP contribution < -0.4 is 10.1 Å². The Kier molecular flexibility index (Phi) is 6.02. The van der Waals surface area contributed by atoms with E-state index in [9.17, 15) is 4.79 Å². The number of halogens is 1. The van der Waals surface area contributed by atoms with Crippen LogP contribution in [0.2, 0.25) is 0 Å². The molecule has 0 aromatic heterocycles. The minimum absolute atomic E-state index is 0.0608. The normalized spacial score (nSPS) is 19.3. The topological polar surface area (TPSA) is 47.6 Å². The number of hydrogen-bond acceptors (Lipinski definition) is 3. The molecule has 28 heavy (non-hydrogen) atoms. The number of benzene rings is 2. The standard InChI is InChI=1S/C23H26BrNO3/c24-19-5-3-4-18(16-19)23(12-14-27-15-13-23)25-22(26)17-8-10-21(11-9-17)28-20-6-1-2-7-20/h3-5,8-11,16,20H,1-2,6-7,12-15H2,(H,25,26). The summed E-state index contributed by atoms with van der Waals surface area (Å²) in [6, 6.07) is 15.7. The van der Waals surface area contributed by atoms with Gasteiger partial charge in [-0.15, -0.1) is 0 Å². The van der Waals surface area contributed by atoms with Crippen molar-refractivity contribution in [1.82, 2.24) is 5.32 Å². The van der Waals surface area contributed by atoms with Gasteiger partial charge < -0.3 is 14.8 Å². The number of amides is 1. The van der Waals surface area contributed by atoms with Crippen LogP contribution in [-0.4, -0.2) is 25.2 Å². The molecule has 0 spiro atoms. The van der Waals surface area contributed by atoms with Crippen LogP contribution in [0.15, 0.2) is 53.0 Å². The highest BCUT2D eigenvalue weighted by molar-refractivity contribution is 9.10. The van der Waals surface area contributed by atoms with Crippen LogP contribution in [-0.2, 0) is 10.3 Å². The smallest absolute Gasteiger partial charge is 0.251 e. The van der Waals surface area contributed by atoms with Gasteiger partial charge >= 0.3 is 0 Å². The Bertz CT molecular complexity index is 809. The summed E-state index contributed by atoms with van der Waals surface area (Å²) in [5.74, 6) is 0.783. The molecule has 0 radical (unpaired) electrons. The van der Waals surface area contributed by atoms with Crippen molar-refractivity contribution in [3.8, 4) is 5.75 Å². The van der Waals surface area contributed by atoms with Crippen LogP contribution >= 0.6 is 15.9 Å². The Morgan fingerprint density at radius 2 is 1.79 bits per heavy atom. The van der Waals surface area contributed by atoms with Crippen molar-refractivity contribution in [1.29, 1.82) is 0 Å². The maximum Gasteiger partial charge on any atom is 0.251 e. The first-order valence-electron chi connectivity index (χ1n) is 10.1. The molecule has 2 aromatic carbocycles. The molecular formula is C23H26BrNO3. The Morgan fingerprint density at radius 3 is 2.46 bits per heavy atom. The van der Waals surface area contributed by atoms with Crippen molar-refractivity contribution in [2.75, 3.05) is 13.2 Å². The van der Waals surface area contributed by atoms with E-state index in [0.717, 1.165) is 41.5 Å². The van der Waals surface area contributed by atoms with Crippen LogP contribution in [0.1, 0.15) is 54.4 Å². The number of carbonyl (C=O) groups excluding carboxylic acids is 1. The molecule has 5 heteroatoms. The molecule has 1 saturated heterocycles. The lowest BCUT2D eigenvalue weighted by molar-refractivity contribution is 0.0345. The molecule has 2 aromatic rings. The second kappa shape index (κ2) is 8.66. The average Bonchev–Trinajstić information content (AvgIpc) is 3.22. The van der Waals surface area contributed by atoms with Crippen molar-refractivity contribution in [2.24, 2.45) is 0 Å². The van der Waals surface area contributed by atoms with E-state index in [4.69, 9.17) is 9.47 Å². The third-order valence-electron chi connectivity index (χ3n) is 5.80. The Balaban J connectivity index is 1.49. The van der Waals surface area contributed by atoms with Gasteiger partial charge in [-0.2, -0.15) is 0 Å². The van der Waals surface area contributed by atoms with Gasteiger partial charge in [0.25, 0.3) is 5.91 Å². The van der Waals surface area contributed by atoms with Gasteiger partial charge in [0.05, 0.1) is 11.6 Å². The monoisotopic (exact) mass is 443 g/mol. The third kappa shape index (κ3) is 4.41. The number of hydrogen-bond donors (Lipinski definition) is 1. The molecule has 2 fully saturated rings. The van der Waals surface area contributed by atoms with Crippen LogP contribution in [0.5, 0.6) is 5.75 Å². The molecule has 1 aliphatic carbocycles. The predicted molar refractivity (Wildman–Crippen MR) is 113 cm³/mol. The lowest BCUT2D eigenvalue weighted by Gasteiger charge is -2.38. The fraction of sp³-hybridized carbons (Fsp3) is 0.435. The quantitative estimate of drug-likeness (QED) is 0.689. The van der Waals surface area contributed by atoms with Crippen LogP contribution in [0.4, 0.5) is 0 Å². The summed E-state index contributed by atoms with van der Waals surface area (Å²) in [5, 5.41) is 3.30. The Labute approximate surface area is 174 Å². The predicted octanol–water partition coefficient (Wildman–Crippen LogP) is 5.21. The summed E-state index contributed by atoms with van der Waals surface area (Å²) in [6.07, 6.45) is 6.58. The van der Waals surface area contributed by atoms with Crippen molar-refractivity contribution in [2.45, 2.75) is 50.2 Å². The average molecular weight is 444 g/mol. The maximum atomic E-state index is 13.0. The number of nitrogens with one attached hydrogen (secondary N) is 1. The Morgan fingerprint density at radius 1 is 1.07 bits per heavy atom. The van der Waals surface area contributed by atoms with Gasteiger partial charge in [0.1, 0.15) is 5.75 Å². The molecule has 2 aliphatic rings. The molecule has 4 nitrogen and oxygen atoms in total. The van der Waals surface area contributed by atoms with Gasteiger partial charge in [-0.25, -0.2) is 0 Å². The van der Waals surface area contributed by atoms with E-state index in [1.54, 1.807) is 0 Å². The molecular weight excluding hydrogens is 418 g/mol. The molecule has 4 rings (SSSR count). The SMILES string of the molecule is O=C(NC1(c2cccc(Br)c2)CCOCC1)c1ccc(OC2CCCC2)cc1. The van der Waals surface area contributed by atoms with E-state index in [0.29, 0.717) is 24.9 Å². The summed E-state index contributed by atoms with van der Waals surface area (Å²) in [5.41, 5.74) is 1.36. The zero-order valence-electron chi connectivity index (χ0n) is 16.0. The summed E-state index contributed by atoms with van der Waals surface area (Å²) in [4.78, 5) is 13.0. The number of rotatable bonds is 5. The second-order valence-electron chi connectivity index (χ2n) is 7.71. The highest BCUT2D eigenvalue weighted by Crippen LogP contribution is 2.34. The second-order valence-corrected chi connectivity index (χ2v) is 8.62. The molecule has 1 N–H and O–H groups in total. The summed E-state index contributed by atoms with van der Waals surface area (Å²) < 4.78 is 12.6. The van der Waals surface area contributed by atoms with Crippen molar-refractivity contribution >= 4 is 21.8 Å². The number of ether oxygens (including phenoxy) is 2. The highest BCUT2D eigenvalue weighted by Gasteiger charge is 2.36. The maximum absolute atomic E-state index is 13.0. The third-order valence-corrected chi connectivity index (χ3v) is 6.29. The molecule has 1 heterocycles. The molecule has 1 aliphatic heterocycles. The summed E-state index contributed by atoms with van der Waals surface area (Å²) in [7, 11) is 0. The minimum Gasteiger partial charge on any atom is -0.490 e. The van der Waals surface area contributed by atoms with E-state index in [1.807, 2.05) is 36.4 Å². The van der Waals surface area contributed by atoms with Gasteiger partial charge in [-0.3, -0.25) is 4.79 Å². The first kappa shape index (κ1) is 19.5. The summed E-state index contributed by atoms with van der Waals surface area (Å²) in [6.45, 7) is 1.28. The molecule has 1 saturated carbocycles. The van der Waals surface area contributed by atoms with E-state index >= 15 is 0 Å². The van der Waals surface area contributed by atoms with Crippen LogP contribution in [0, 0.1) is 0 Å². The van der Waals surface area contributed by atoms with Gasteiger partial charge in [-0.1, -0.05) is 28.1 Å². The molecule has 1 amide bonds. The van der Waals surface area contributed by atoms with E-state index in [1.165, 1.54) is 12.8 Å². The van der Waals surface area contributed by atoms with Gasteiger partial charge in [-0.05, 0) is 80.5 Å². The molecule has 0 unspecified atom stereocenters. The van der Waals surface area contributed by atoms with Gasteiger partial charge in [0.15, 0.2) is 0 Å². The zero-order chi connectivity index (χ0) is 19.4. The first-order valence-corrected chi connectivity index (χ1v) is 10.9. The van der Waals surface area contributed by atoms with Gasteiger partial charge in [0, 0.05) is 23.2 Å². The highest BCUT2D eigenvalue weighted by atomic mass is 79.9. The summed E-state index contributed by atoms with van der Waals surface area (Å²) >= 11 is 3.55. The minimum atomic E-state index is -0.405. The number of carbonyl (C=O) groups is 1. The van der Waals surface area contributed by atoms with E-state index < -0.39 is 5.54 Å². The first-order chi connectivity index (χ1) is 13.6. The van der Waals surface area contributed by atoms with Crippen molar-refractivity contribution in [3.05, 3.63) is 64.1 Å². The largest absolute Gasteiger partial charge is 0.490 e. The van der Waals surface area contributed by atoms with Crippen LogP contribution in [0.25, 0.3) is 0 Å². The molecule has 0 atom stereocenters. The Hall–Kier alpha value is -1.85. The van der Waals surface area contributed by atoms with Gasteiger partial charge in [0.2, 0.25) is 0 Å². The fourth-order valence-corrected chi connectivity index (χ4v) is 4.56. The van der Waals surface area contributed by atoms with Crippen molar-refractivity contribution < 1.29 is 14.3 Å². The van der Waals surface area contributed by atoms with Crippen molar-refractivity contribution in [3.63, 3.8) is 0 Å². The molecule has 148 valence electrons. The zero-order valence-corrected chi connectivity index (χ0v) is 17.5. The van der Waals surface area contributed by atoms with E-state index in [2.05, 4.69) is 33.4 Å². The molecule has 0 bridgehead atoms. The lowest BCUT2D eigenvalue weighted by Crippen LogP contribution is -2.49. The van der Waals surface area contributed by atoms with Crippen LogP contribution in [0.3, 0.4) is 0 Å². The lowest BCUT2D eigenvalue weighted by atomic mass is 9.82. The fourth-order valence-electron chi connectivity index (χ4n) is 4.16.